The number of nitrogens with two attached hydrogens (primary N) is 2. The first-order valence-electron chi connectivity index (χ1n) is 17.4. The smallest absolute Gasteiger partial charge is 0.330 e. The van der Waals surface area contributed by atoms with Crippen molar-refractivity contribution < 1.29 is 44.2 Å². The lowest BCUT2D eigenvalue weighted by Crippen LogP contribution is -2.59. The van der Waals surface area contributed by atoms with Crippen LogP contribution in [0.4, 0.5) is 5.69 Å². The number of rotatable bonds is 19. The summed E-state index contributed by atoms with van der Waals surface area (Å²) >= 11 is 0. The van der Waals surface area contributed by atoms with E-state index in [0.717, 1.165) is 29.7 Å². The molecular weight excluding hydrogens is 668 g/mol. The number of benzene rings is 1. The average Bonchev–Trinajstić information content (AvgIpc) is 3.53. The van der Waals surface area contributed by atoms with Gasteiger partial charge < -0.3 is 51.4 Å². The van der Waals surface area contributed by atoms with Gasteiger partial charge >= 0.3 is 5.69 Å². The molecule has 0 spiro atoms. The summed E-state index contributed by atoms with van der Waals surface area (Å²) < 4.78 is 18.4. The Morgan fingerprint density at radius 1 is 0.980 bits per heavy atom. The lowest BCUT2D eigenvalue weighted by Gasteiger charge is -2.37. The van der Waals surface area contributed by atoms with Gasteiger partial charge in [0, 0.05) is 30.9 Å². The minimum Gasteiger partial charge on any atom is -0.387 e. The van der Waals surface area contributed by atoms with Crippen molar-refractivity contribution in [3.63, 3.8) is 0 Å². The third kappa shape index (κ3) is 10.3. The van der Waals surface area contributed by atoms with E-state index in [9.17, 15) is 39.6 Å². The zero-order valence-corrected chi connectivity index (χ0v) is 29.0. The molecule has 3 heterocycles. The molecule has 0 aliphatic carbocycles. The molecule has 2 fully saturated rings. The number of aliphatic hydroxyl groups excluding tert-OH is 4. The first-order chi connectivity index (χ1) is 24.4. The number of unbranched alkanes of at least 4 members (excludes halogenated alkanes) is 4. The topological polar surface area (TPSA) is 265 Å². The van der Waals surface area contributed by atoms with E-state index in [4.69, 9.17) is 25.7 Å². The maximum atomic E-state index is 13.0. The number of carbonyl (C=O) groups excluding carboxylic acids is 2. The average molecular weight is 721 g/mol. The molecule has 51 heavy (non-hydrogen) atoms. The molecule has 2 saturated heterocycles. The van der Waals surface area contributed by atoms with Crippen molar-refractivity contribution in [3.8, 4) is 0 Å². The van der Waals surface area contributed by atoms with Crippen molar-refractivity contribution in [3.05, 3.63) is 62.9 Å². The first kappa shape index (κ1) is 40.3. The zero-order chi connectivity index (χ0) is 37.2. The standard InChI is InChI=1S/C34H52N6O11/c1-3-4-5-6-7-9-19-11-13-20(14-12-19)37-22(41)10-8-16-39(2)24(31(36)47)29(51-33-28(46)25(43)21(18-35)49-33)30-26(44)27(45)32(50-30)40-17-15-23(42)38-34(40)48/h11-15,17,21,24-30,32-33,43-46H,3-10,16,18,35H2,1-2H3,(H2,36,47)(H,37,41)(H,38,42,48)/t21-,24+,25-,26?,27?,28-,29+,30+,32-,33?/m1/s1. The highest BCUT2D eigenvalue weighted by molar-refractivity contribution is 5.90. The Kier molecular flexibility index (Phi) is 14.9. The highest BCUT2D eigenvalue weighted by Gasteiger charge is 2.54. The number of aliphatic hydroxyl groups is 4. The molecule has 284 valence electrons. The Balaban J connectivity index is 1.44. The van der Waals surface area contributed by atoms with Crippen LogP contribution < -0.4 is 28.0 Å². The van der Waals surface area contributed by atoms with Crippen LogP contribution in [0.25, 0.3) is 0 Å². The van der Waals surface area contributed by atoms with Gasteiger partial charge in [-0.2, -0.15) is 0 Å². The molecule has 1 aromatic carbocycles. The number of aryl methyl sites for hydroxylation is 1. The molecule has 17 nitrogen and oxygen atoms in total. The van der Waals surface area contributed by atoms with Crippen LogP contribution in [0.5, 0.6) is 0 Å². The van der Waals surface area contributed by atoms with E-state index in [-0.39, 0.29) is 31.8 Å². The number of hydrogen-bond donors (Lipinski definition) is 8. The number of aromatic nitrogens is 2. The summed E-state index contributed by atoms with van der Waals surface area (Å²) in [6.45, 7) is 2.13. The van der Waals surface area contributed by atoms with Gasteiger partial charge in [0.15, 0.2) is 12.5 Å². The van der Waals surface area contributed by atoms with Crippen molar-refractivity contribution in [2.45, 2.75) is 120 Å². The van der Waals surface area contributed by atoms with Crippen LogP contribution in [0.2, 0.25) is 0 Å². The van der Waals surface area contributed by atoms with Crippen LogP contribution in [0.1, 0.15) is 63.7 Å². The minimum absolute atomic E-state index is 0.0772. The third-order valence-electron chi connectivity index (χ3n) is 9.37. The van der Waals surface area contributed by atoms with Gasteiger partial charge in [0.2, 0.25) is 11.8 Å². The number of hydrogen-bond acceptors (Lipinski definition) is 13. The predicted molar refractivity (Wildman–Crippen MR) is 184 cm³/mol. The lowest BCUT2D eigenvalue weighted by molar-refractivity contribution is -0.232. The van der Waals surface area contributed by atoms with Crippen molar-refractivity contribution in [1.82, 2.24) is 14.5 Å². The van der Waals surface area contributed by atoms with Crippen molar-refractivity contribution in [1.29, 1.82) is 0 Å². The molecule has 10 N–H and O–H groups in total. The highest BCUT2D eigenvalue weighted by Crippen LogP contribution is 2.35. The van der Waals surface area contributed by atoms with Crippen LogP contribution in [0.3, 0.4) is 0 Å². The summed E-state index contributed by atoms with van der Waals surface area (Å²) in [4.78, 5) is 53.5. The fourth-order valence-corrected chi connectivity index (χ4v) is 6.49. The molecule has 2 aromatic rings. The summed E-state index contributed by atoms with van der Waals surface area (Å²) in [6, 6.07) is 7.31. The molecule has 17 heteroatoms. The van der Waals surface area contributed by atoms with E-state index >= 15 is 0 Å². The van der Waals surface area contributed by atoms with Gasteiger partial charge in [-0.1, -0.05) is 44.7 Å². The molecule has 2 aliphatic rings. The number of ether oxygens (including phenoxy) is 3. The minimum atomic E-state index is -1.78. The molecule has 0 saturated carbocycles. The Hall–Kier alpha value is -3.52. The van der Waals surface area contributed by atoms with Crippen LogP contribution in [0.15, 0.2) is 46.1 Å². The largest absolute Gasteiger partial charge is 0.387 e. The molecule has 0 radical (unpaired) electrons. The number of likely N-dealkylation sites (N-methyl/N-ethyl adjacent to an activating group) is 1. The van der Waals surface area contributed by atoms with E-state index in [1.165, 1.54) is 43.2 Å². The first-order valence-corrected chi connectivity index (χ1v) is 17.4. The maximum Gasteiger partial charge on any atom is 0.330 e. The van der Waals surface area contributed by atoms with E-state index in [0.29, 0.717) is 5.69 Å². The SMILES string of the molecule is CCCCCCCc1ccc(NC(=O)CCCN(C)[C@H](C(N)=O)[C@H](OC2O[C@H](CN)[C@@H](O)[C@H]2O)[C@H]2O[C@@H](n3ccc(=O)[nH]c3=O)C(O)C2O)cc1. The molecule has 2 amide bonds. The fourth-order valence-electron chi connectivity index (χ4n) is 6.49. The quantitative estimate of drug-likeness (QED) is 0.0783. The Morgan fingerprint density at radius 3 is 2.31 bits per heavy atom. The molecular formula is C34H52N6O11. The van der Waals surface area contributed by atoms with Gasteiger partial charge in [-0.15, -0.1) is 0 Å². The summed E-state index contributed by atoms with van der Waals surface area (Å²) in [5.41, 5.74) is 11.7. The fraction of sp³-hybridized carbons (Fsp3) is 0.647. The summed E-state index contributed by atoms with van der Waals surface area (Å²) in [7, 11) is 1.52. The number of carbonyl (C=O) groups is 2. The Labute approximate surface area is 295 Å². The van der Waals surface area contributed by atoms with Gasteiger partial charge in [-0.05, 0) is 50.6 Å². The number of anilines is 1. The lowest BCUT2D eigenvalue weighted by atomic mass is 9.97. The van der Waals surface area contributed by atoms with Gasteiger partial charge in [-0.3, -0.25) is 28.8 Å². The van der Waals surface area contributed by atoms with Gasteiger partial charge in [0.25, 0.3) is 5.56 Å². The monoisotopic (exact) mass is 720 g/mol. The number of primary amides is 1. The highest BCUT2D eigenvalue weighted by atomic mass is 16.7. The number of nitrogens with one attached hydrogen (secondary N) is 2. The third-order valence-corrected chi connectivity index (χ3v) is 9.37. The van der Waals surface area contributed by atoms with E-state index < -0.39 is 78.4 Å². The Morgan fingerprint density at radius 2 is 1.69 bits per heavy atom. The summed E-state index contributed by atoms with van der Waals surface area (Å²) in [5, 5.41) is 46.0. The van der Waals surface area contributed by atoms with Crippen LogP contribution in [-0.2, 0) is 30.2 Å². The van der Waals surface area contributed by atoms with E-state index in [2.05, 4.69) is 12.2 Å². The summed E-state index contributed by atoms with van der Waals surface area (Å²) in [6.07, 6.45) is -5.47. The molecule has 4 rings (SSSR count). The molecule has 1 aromatic heterocycles. The van der Waals surface area contributed by atoms with Crippen LogP contribution in [0, 0.1) is 0 Å². The van der Waals surface area contributed by atoms with Gasteiger partial charge in [-0.25, -0.2) is 4.79 Å². The maximum absolute atomic E-state index is 13.0. The molecule has 3 unspecified atom stereocenters. The van der Waals surface area contributed by atoms with Crippen LogP contribution in [-0.4, -0.2) is 122 Å². The molecule has 10 atom stereocenters. The normalized spacial score (nSPS) is 27.5. The van der Waals surface area contributed by atoms with Crippen molar-refractivity contribution in [2.24, 2.45) is 11.5 Å². The van der Waals surface area contributed by atoms with Crippen molar-refractivity contribution >= 4 is 17.5 Å². The Bertz CT molecular complexity index is 1540. The second-order valence-electron chi connectivity index (χ2n) is 13.2. The second-order valence-corrected chi connectivity index (χ2v) is 13.2. The van der Waals surface area contributed by atoms with Gasteiger partial charge in [0.1, 0.15) is 48.8 Å². The number of H-pyrrole nitrogens is 1. The van der Waals surface area contributed by atoms with Crippen LogP contribution >= 0.6 is 0 Å². The molecule has 0 bridgehead atoms. The van der Waals surface area contributed by atoms with E-state index in [1.54, 1.807) is 0 Å². The number of amides is 2. The van der Waals surface area contributed by atoms with Crippen molar-refractivity contribution in [2.75, 3.05) is 25.5 Å². The number of aromatic amines is 1. The van der Waals surface area contributed by atoms with Gasteiger partial charge in [0.05, 0.1) is 0 Å². The molecule has 2 aliphatic heterocycles. The summed E-state index contributed by atoms with van der Waals surface area (Å²) in [5.74, 6) is -1.20. The predicted octanol–water partition coefficient (Wildman–Crippen LogP) is -1.34. The number of nitrogens with zero attached hydrogens (tertiary/aromatic N) is 2. The van der Waals surface area contributed by atoms with E-state index in [1.807, 2.05) is 29.2 Å². The zero-order valence-electron chi connectivity index (χ0n) is 29.0. The second kappa shape index (κ2) is 18.8.